The number of aldehydes is 1. The summed E-state index contributed by atoms with van der Waals surface area (Å²) in [7, 11) is 1.81. The van der Waals surface area contributed by atoms with E-state index >= 15 is 0 Å². The van der Waals surface area contributed by atoms with Gasteiger partial charge in [-0.1, -0.05) is 19.4 Å². The third kappa shape index (κ3) is 4.38. The van der Waals surface area contributed by atoms with Crippen LogP contribution in [-0.2, 0) is 23.9 Å². The van der Waals surface area contributed by atoms with Gasteiger partial charge in [-0.05, 0) is 75.2 Å². The van der Waals surface area contributed by atoms with Crippen LogP contribution in [0.3, 0.4) is 0 Å². The lowest BCUT2D eigenvalue weighted by Crippen LogP contribution is -2.62. The molecule has 0 saturated heterocycles. The zero-order chi connectivity index (χ0) is 23.7. The van der Waals surface area contributed by atoms with Gasteiger partial charge in [0.05, 0.1) is 11.5 Å². The second-order valence-electron chi connectivity index (χ2n) is 10.5. The topological polar surface area (TPSA) is 102 Å². The van der Waals surface area contributed by atoms with Gasteiger partial charge >= 0.3 is 11.9 Å². The van der Waals surface area contributed by atoms with Crippen molar-refractivity contribution in [3.05, 3.63) is 11.6 Å². The monoisotopic (exact) mass is 449 g/mol. The molecule has 0 radical (unpaired) electrons. The minimum absolute atomic E-state index is 0.0301. The molecule has 0 unspecified atom stereocenters. The molecule has 3 fully saturated rings. The largest absolute Gasteiger partial charge is 0.462 e. The zero-order valence-electron chi connectivity index (χ0n) is 20.1. The number of hydrogen-bond donors (Lipinski definition) is 2. The van der Waals surface area contributed by atoms with Crippen molar-refractivity contribution < 1.29 is 29.0 Å². The number of ether oxygens (including phenoxy) is 2. The number of aliphatic hydroxyl groups excluding tert-OH is 1. The quantitative estimate of drug-likeness (QED) is 0.278. The van der Waals surface area contributed by atoms with Gasteiger partial charge in [-0.25, -0.2) is 4.79 Å². The molecule has 0 heterocycles. The molecule has 7 nitrogen and oxygen atoms in total. The lowest BCUT2D eigenvalue weighted by molar-refractivity contribution is -0.202. The van der Waals surface area contributed by atoms with Crippen LogP contribution in [0.15, 0.2) is 11.6 Å². The zero-order valence-corrected chi connectivity index (χ0v) is 20.1. The molecule has 3 rings (SSSR count). The third-order valence-electron chi connectivity index (χ3n) is 8.79. The first-order valence-corrected chi connectivity index (χ1v) is 11.9. The molecule has 0 aromatic carbocycles. The standard InChI is InChI=1S/C25H39NO6/c1-15-17(12-22(30)31-11-10-26-5)6-7-18-23(15)19(29)13-20-24(18,3)9-8-21(32-16(2)28)25(20,4)14-27/h12,14-15,18-21,23,26,29H,6-11,13H2,1-5H3/t15-,18-,19-,20+,21-,23-,24+,25+/m0/s1. The smallest absolute Gasteiger partial charge is 0.330 e. The van der Waals surface area contributed by atoms with Crippen molar-refractivity contribution in [2.24, 2.45) is 34.5 Å². The van der Waals surface area contributed by atoms with Crippen molar-refractivity contribution in [2.75, 3.05) is 20.2 Å². The summed E-state index contributed by atoms with van der Waals surface area (Å²) in [5, 5.41) is 14.2. The highest BCUT2D eigenvalue weighted by Crippen LogP contribution is 2.65. The normalized spacial score (nSPS) is 42.5. The van der Waals surface area contributed by atoms with E-state index in [1.165, 1.54) is 6.92 Å². The molecule has 8 atom stereocenters. The van der Waals surface area contributed by atoms with E-state index in [-0.39, 0.29) is 41.0 Å². The van der Waals surface area contributed by atoms with Crippen LogP contribution in [0.4, 0.5) is 0 Å². The van der Waals surface area contributed by atoms with Crippen molar-refractivity contribution in [2.45, 2.75) is 72.0 Å². The maximum atomic E-state index is 12.3. The second-order valence-corrected chi connectivity index (χ2v) is 10.5. The van der Waals surface area contributed by atoms with E-state index in [1.54, 1.807) is 6.08 Å². The van der Waals surface area contributed by atoms with Crippen LogP contribution in [0.5, 0.6) is 0 Å². The molecule has 32 heavy (non-hydrogen) atoms. The number of esters is 2. The Labute approximate surface area is 191 Å². The fraction of sp³-hybridized carbons (Fsp3) is 0.800. The molecule has 0 aromatic heterocycles. The predicted molar refractivity (Wildman–Crippen MR) is 120 cm³/mol. The van der Waals surface area contributed by atoms with Gasteiger partial charge in [-0.15, -0.1) is 0 Å². The summed E-state index contributed by atoms with van der Waals surface area (Å²) in [6.45, 7) is 8.56. The van der Waals surface area contributed by atoms with E-state index < -0.39 is 17.6 Å². The lowest BCUT2D eigenvalue weighted by Gasteiger charge is -2.63. The molecule has 0 bridgehead atoms. The Hall–Kier alpha value is -1.73. The van der Waals surface area contributed by atoms with E-state index in [9.17, 15) is 19.5 Å². The number of likely N-dealkylation sites (N-methyl/N-ethyl adjacent to an activating group) is 1. The number of hydrogen-bond acceptors (Lipinski definition) is 7. The van der Waals surface area contributed by atoms with Crippen LogP contribution < -0.4 is 5.32 Å². The Morgan fingerprint density at radius 2 is 2.00 bits per heavy atom. The summed E-state index contributed by atoms with van der Waals surface area (Å²) in [4.78, 5) is 36.3. The number of nitrogens with one attached hydrogen (secondary N) is 1. The van der Waals surface area contributed by atoms with E-state index in [4.69, 9.17) is 9.47 Å². The Morgan fingerprint density at radius 1 is 1.28 bits per heavy atom. The molecule has 7 heteroatoms. The van der Waals surface area contributed by atoms with E-state index in [2.05, 4.69) is 19.2 Å². The Morgan fingerprint density at radius 3 is 2.62 bits per heavy atom. The molecule has 0 spiro atoms. The van der Waals surface area contributed by atoms with Crippen LogP contribution in [-0.4, -0.2) is 55.7 Å². The van der Waals surface area contributed by atoms with Crippen molar-refractivity contribution in [1.29, 1.82) is 0 Å². The van der Waals surface area contributed by atoms with Gasteiger partial charge in [0.25, 0.3) is 0 Å². The molecule has 0 aliphatic heterocycles. The molecule has 3 aliphatic rings. The van der Waals surface area contributed by atoms with Crippen LogP contribution in [0.25, 0.3) is 0 Å². The predicted octanol–water partition coefficient (Wildman–Crippen LogP) is 2.66. The maximum Gasteiger partial charge on any atom is 0.330 e. The molecular formula is C25H39NO6. The van der Waals surface area contributed by atoms with Gasteiger partial charge in [-0.2, -0.15) is 0 Å². The number of carbonyl (C=O) groups is 3. The first kappa shape index (κ1) is 24.9. The number of fused-ring (bicyclic) bond motifs is 3. The average Bonchev–Trinajstić information content (AvgIpc) is 2.74. The molecule has 3 aliphatic carbocycles. The molecule has 3 saturated carbocycles. The SMILES string of the molecule is CNCCOC(=O)C=C1CC[C@H]2[C@@H]([C@@H](O)C[C@H]3[C@@](C)(C=O)[C@@H](OC(C)=O)CC[C@]23C)[C@H]1C. The van der Waals surface area contributed by atoms with Crippen LogP contribution in [0.2, 0.25) is 0 Å². The van der Waals surface area contributed by atoms with E-state index in [1.807, 2.05) is 14.0 Å². The van der Waals surface area contributed by atoms with Crippen LogP contribution in [0, 0.1) is 34.5 Å². The minimum Gasteiger partial charge on any atom is -0.462 e. The fourth-order valence-electron chi connectivity index (χ4n) is 7.13. The highest BCUT2D eigenvalue weighted by atomic mass is 16.5. The summed E-state index contributed by atoms with van der Waals surface area (Å²) in [5.41, 5.74) is 0.0817. The first-order chi connectivity index (χ1) is 15.1. The Kier molecular flexibility index (Phi) is 7.50. The molecule has 0 amide bonds. The molecule has 0 aromatic rings. The van der Waals surface area contributed by atoms with E-state index in [0.717, 1.165) is 31.1 Å². The first-order valence-electron chi connectivity index (χ1n) is 11.9. The van der Waals surface area contributed by atoms with Crippen LogP contribution in [0.1, 0.15) is 59.8 Å². The van der Waals surface area contributed by atoms with Gasteiger partial charge in [0.1, 0.15) is 19.0 Å². The van der Waals surface area contributed by atoms with Crippen molar-refractivity contribution in [1.82, 2.24) is 5.32 Å². The summed E-state index contributed by atoms with van der Waals surface area (Å²) in [6.07, 6.45) is 5.18. The maximum absolute atomic E-state index is 12.3. The van der Waals surface area contributed by atoms with Crippen molar-refractivity contribution >= 4 is 18.2 Å². The molecular weight excluding hydrogens is 410 g/mol. The number of allylic oxidation sites excluding steroid dienone is 1. The Bertz CT molecular complexity index is 766. The minimum atomic E-state index is -0.818. The highest BCUT2D eigenvalue weighted by molar-refractivity contribution is 5.83. The number of aliphatic hydroxyl groups is 1. The van der Waals surface area contributed by atoms with Gasteiger partial charge in [-0.3, -0.25) is 4.79 Å². The summed E-state index contributed by atoms with van der Waals surface area (Å²) >= 11 is 0. The fourth-order valence-corrected chi connectivity index (χ4v) is 7.13. The lowest BCUT2D eigenvalue weighted by atomic mass is 9.42. The number of carbonyl (C=O) groups excluding carboxylic acids is 3. The summed E-state index contributed by atoms with van der Waals surface area (Å²) < 4.78 is 10.8. The highest BCUT2D eigenvalue weighted by Gasteiger charge is 2.63. The van der Waals surface area contributed by atoms with Crippen LogP contribution >= 0.6 is 0 Å². The second kappa shape index (κ2) is 9.64. The van der Waals surface area contributed by atoms with Gasteiger partial charge in [0.2, 0.25) is 0 Å². The Balaban J connectivity index is 1.84. The number of rotatable bonds is 6. The van der Waals surface area contributed by atoms with E-state index in [0.29, 0.717) is 26.0 Å². The molecule has 180 valence electrons. The van der Waals surface area contributed by atoms with Crippen molar-refractivity contribution in [3.63, 3.8) is 0 Å². The van der Waals surface area contributed by atoms with Crippen molar-refractivity contribution in [3.8, 4) is 0 Å². The average molecular weight is 450 g/mol. The summed E-state index contributed by atoms with van der Waals surface area (Å²) in [5.74, 6) is -0.434. The third-order valence-corrected chi connectivity index (χ3v) is 8.79. The van der Waals surface area contributed by atoms with Gasteiger partial charge in [0.15, 0.2) is 0 Å². The summed E-state index contributed by atoms with van der Waals surface area (Å²) in [6, 6.07) is 0. The van der Waals surface area contributed by atoms with Gasteiger partial charge < -0.3 is 24.7 Å². The molecule has 2 N–H and O–H groups in total. The van der Waals surface area contributed by atoms with Gasteiger partial charge in [0, 0.05) is 19.5 Å².